The van der Waals surface area contributed by atoms with Crippen molar-refractivity contribution in [1.29, 1.82) is 0 Å². The van der Waals surface area contributed by atoms with Crippen LogP contribution in [-0.4, -0.2) is 21.6 Å². The Hall–Kier alpha value is -3.95. The van der Waals surface area contributed by atoms with Crippen molar-refractivity contribution in [3.63, 3.8) is 0 Å². The Morgan fingerprint density at radius 1 is 1.13 bits per heavy atom. The maximum Gasteiger partial charge on any atom is 0.416 e. The van der Waals surface area contributed by atoms with Gasteiger partial charge in [0.1, 0.15) is 0 Å². The van der Waals surface area contributed by atoms with Crippen LogP contribution in [0, 0.1) is 24.0 Å². The maximum absolute atomic E-state index is 13.0. The Balaban J connectivity index is 1.81. The Bertz CT molecular complexity index is 1180. The lowest BCUT2D eigenvalue weighted by atomic mass is 10.2. The lowest BCUT2D eigenvalue weighted by Gasteiger charge is -2.13. The summed E-state index contributed by atoms with van der Waals surface area (Å²) in [6, 6.07) is 11.9. The van der Waals surface area contributed by atoms with Crippen molar-refractivity contribution < 1.29 is 22.9 Å². The van der Waals surface area contributed by atoms with Crippen molar-refractivity contribution in [1.82, 2.24) is 9.99 Å². The minimum Gasteiger partial charge on any atom is -0.318 e. The smallest absolute Gasteiger partial charge is 0.318 e. The highest BCUT2D eigenvalue weighted by Crippen LogP contribution is 2.31. The predicted octanol–water partition coefficient (Wildman–Crippen LogP) is 4.79. The molecule has 3 rings (SSSR count). The average Bonchev–Trinajstić information content (AvgIpc) is 3.00. The standard InChI is InChI=1S/C21H17F3N4O3/c1-13-9-16(12-25-26-20(29)15-5-3-8-19(10-15)28(30)31)14(2)27(13)18-7-4-6-17(11-18)21(22,23)24/h3-12H,1-2H3,(H,26,29)/b25-12-. The molecule has 0 saturated carbocycles. The molecule has 31 heavy (non-hydrogen) atoms. The van der Waals surface area contributed by atoms with Gasteiger partial charge in [-0.3, -0.25) is 14.9 Å². The number of nitro groups is 1. The number of amides is 1. The first-order valence-corrected chi connectivity index (χ1v) is 9.02. The van der Waals surface area contributed by atoms with E-state index < -0.39 is 22.6 Å². The van der Waals surface area contributed by atoms with Crippen molar-refractivity contribution in [2.24, 2.45) is 5.10 Å². The molecule has 0 radical (unpaired) electrons. The number of hydrogen-bond acceptors (Lipinski definition) is 4. The molecule has 0 fully saturated rings. The minimum absolute atomic E-state index is 0.0702. The lowest BCUT2D eigenvalue weighted by Crippen LogP contribution is -2.17. The number of non-ortho nitro benzene ring substituents is 1. The zero-order valence-electron chi connectivity index (χ0n) is 16.5. The number of halogens is 3. The number of hydrogen-bond donors (Lipinski definition) is 1. The van der Waals surface area contributed by atoms with Crippen molar-refractivity contribution in [3.8, 4) is 5.69 Å². The first kappa shape index (κ1) is 21.8. The molecule has 0 bridgehead atoms. The molecule has 160 valence electrons. The largest absolute Gasteiger partial charge is 0.416 e. The molecule has 0 spiro atoms. The van der Waals surface area contributed by atoms with Crippen LogP contribution in [0.2, 0.25) is 0 Å². The number of nitrogens with zero attached hydrogens (tertiary/aromatic N) is 3. The second kappa shape index (κ2) is 8.42. The van der Waals surface area contributed by atoms with Gasteiger partial charge in [0.25, 0.3) is 11.6 Å². The summed E-state index contributed by atoms with van der Waals surface area (Å²) in [6.45, 7) is 3.46. The minimum atomic E-state index is -4.45. The molecule has 0 aliphatic rings. The van der Waals surface area contributed by atoms with Crippen molar-refractivity contribution in [3.05, 3.63) is 92.8 Å². The van der Waals surface area contributed by atoms with Crippen LogP contribution >= 0.6 is 0 Å². The van der Waals surface area contributed by atoms with E-state index in [0.717, 1.165) is 18.2 Å². The zero-order chi connectivity index (χ0) is 22.8. The van der Waals surface area contributed by atoms with Gasteiger partial charge >= 0.3 is 6.18 Å². The Kier molecular flexibility index (Phi) is 5.91. The average molecular weight is 430 g/mol. The summed E-state index contributed by atoms with van der Waals surface area (Å²) in [4.78, 5) is 22.4. The van der Waals surface area contributed by atoms with Gasteiger partial charge in [-0.15, -0.1) is 0 Å². The number of aryl methyl sites for hydroxylation is 1. The number of aromatic nitrogens is 1. The van der Waals surface area contributed by atoms with Gasteiger partial charge in [0.05, 0.1) is 16.7 Å². The Morgan fingerprint density at radius 2 is 1.84 bits per heavy atom. The number of carbonyl (C=O) groups is 1. The first-order chi connectivity index (χ1) is 14.6. The van der Waals surface area contributed by atoms with Gasteiger partial charge in [-0.05, 0) is 44.2 Å². The van der Waals surface area contributed by atoms with E-state index >= 15 is 0 Å². The fourth-order valence-electron chi connectivity index (χ4n) is 3.12. The van der Waals surface area contributed by atoms with E-state index in [1.807, 2.05) is 0 Å². The van der Waals surface area contributed by atoms with Crippen LogP contribution in [0.5, 0.6) is 0 Å². The second-order valence-corrected chi connectivity index (χ2v) is 6.72. The van der Waals surface area contributed by atoms with Crippen LogP contribution in [0.15, 0.2) is 59.7 Å². The predicted molar refractivity (Wildman–Crippen MR) is 108 cm³/mol. The number of nitro benzene ring substituents is 1. The monoisotopic (exact) mass is 430 g/mol. The summed E-state index contributed by atoms with van der Waals surface area (Å²) < 4.78 is 40.8. The van der Waals surface area contributed by atoms with E-state index in [0.29, 0.717) is 22.6 Å². The molecule has 0 saturated heterocycles. The van der Waals surface area contributed by atoms with Crippen molar-refractivity contribution in [2.75, 3.05) is 0 Å². The van der Waals surface area contributed by atoms with Gasteiger partial charge in [0.2, 0.25) is 0 Å². The number of nitrogens with one attached hydrogen (secondary N) is 1. The van der Waals surface area contributed by atoms with Crippen molar-refractivity contribution in [2.45, 2.75) is 20.0 Å². The summed E-state index contributed by atoms with van der Waals surface area (Å²) in [5.41, 5.74) is 3.64. The molecule has 1 aromatic heterocycles. The Labute approximate surface area is 175 Å². The van der Waals surface area contributed by atoms with E-state index in [1.165, 1.54) is 30.5 Å². The number of alkyl halides is 3. The van der Waals surface area contributed by atoms with Gasteiger partial charge in [-0.2, -0.15) is 18.3 Å². The van der Waals surface area contributed by atoms with Gasteiger partial charge in [0.15, 0.2) is 0 Å². The number of hydrazone groups is 1. The van der Waals surface area contributed by atoms with Crippen LogP contribution in [0.4, 0.5) is 18.9 Å². The van der Waals surface area contributed by atoms with Gasteiger partial charge in [-0.1, -0.05) is 12.1 Å². The fourth-order valence-corrected chi connectivity index (χ4v) is 3.12. The van der Waals surface area contributed by atoms with Gasteiger partial charge in [-0.25, -0.2) is 5.43 Å². The molecule has 1 heterocycles. The van der Waals surface area contributed by atoms with Gasteiger partial charge in [0, 0.05) is 40.3 Å². The first-order valence-electron chi connectivity index (χ1n) is 9.02. The van der Waals surface area contributed by atoms with E-state index in [9.17, 15) is 28.1 Å². The SMILES string of the molecule is Cc1cc(/C=N\NC(=O)c2cccc([N+](=O)[O-])c2)c(C)n1-c1cccc(C(F)(F)F)c1. The highest BCUT2D eigenvalue weighted by Gasteiger charge is 2.30. The molecule has 3 aromatic rings. The molecule has 0 atom stereocenters. The molecular formula is C21H17F3N4O3. The number of carbonyl (C=O) groups excluding carboxylic acids is 1. The van der Waals surface area contributed by atoms with E-state index in [2.05, 4.69) is 10.5 Å². The fraction of sp³-hybridized carbons (Fsp3) is 0.143. The summed E-state index contributed by atoms with van der Waals surface area (Å²) in [6.07, 6.45) is -3.09. The highest BCUT2D eigenvalue weighted by molar-refractivity contribution is 5.95. The molecule has 2 aromatic carbocycles. The van der Waals surface area contributed by atoms with Crippen LogP contribution in [0.25, 0.3) is 5.69 Å². The number of benzene rings is 2. The molecule has 10 heteroatoms. The lowest BCUT2D eigenvalue weighted by molar-refractivity contribution is -0.384. The molecule has 0 unspecified atom stereocenters. The van der Waals surface area contributed by atoms with E-state index in [1.54, 1.807) is 30.5 Å². The van der Waals surface area contributed by atoms with E-state index in [4.69, 9.17) is 0 Å². The molecule has 0 aliphatic heterocycles. The molecule has 0 aliphatic carbocycles. The quantitative estimate of drug-likeness (QED) is 0.359. The molecule has 7 nitrogen and oxygen atoms in total. The van der Waals surface area contributed by atoms with Crippen LogP contribution in [0.3, 0.4) is 0 Å². The molecule has 1 amide bonds. The Morgan fingerprint density at radius 3 is 2.52 bits per heavy atom. The second-order valence-electron chi connectivity index (χ2n) is 6.72. The zero-order valence-corrected chi connectivity index (χ0v) is 16.5. The summed E-state index contributed by atoms with van der Waals surface area (Å²) in [7, 11) is 0. The van der Waals surface area contributed by atoms with Crippen LogP contribution in [0.1, 0.15) is 32.9 Å². The van der Waals surface area contributed by atoms with Gasteiger partial charge < -0.3 is 4.57 Å². The highest BCUT2D eigenvalue weighted by atomic mass is 19.4. The van der Waals surface area contributed by atoms with Crippen molar-refractivity contribution >= 4 is 17.8 Å². The summed E-state index contributed by atoms with van der Waals surface area (Å²) in [5, 5.41) is 14.7. The third kappa shape index (κ3) is 4.80. The van der Waals surface area contributed by atoms with Crippen LogP contribution in [-0.2, 0) is 6.18 Å². The molecule has 1 N–H and O–H groups in total. The van der Waals surface area contributed by atoms with E-state index in [-0.39, 0.29) is 11.3 Å². The number of rotatable bonds is 5. The van der Waals surface area contributed by atoms with Crippen LogP contribution < -0.4 is 5.43 Å². The summed E-state index contributed by atoms with van der Waals surface area (Å²) in [5.74, 6) is -0.633. The third-order valence-corrected chi connectivity index (χ3v) is 4.59. The normalized spacial score (nSPS) is 11.6. The summed E-state index contributed by atoms with van der Waals surface area (Å²) >= 11 is 0. The topological polar surface area (TPSA) is 89.5 Å². The molecular weight excluding hydrogens is 413 g/mol. The third-order valence-electron chi connectivity index (χ3n) is 4.59. The maximum atomic E-state index is 13.0.